The summed E-state index contributed by atoms with van der Waals surface area (Å²) in [7, 11) is 0. The zero-order chi connectivity index (χ0) is 21.6. The first-order valence-corrected chi connectivity index (χ1v) is 9.75. The van der Waals surface area contributed by atoms with Gasteiger partial charge in [0.1, 0.15) is 18.5 Å². The van der Waals surface area contributed by atoms with E-state index in [1.807, 2.05) is 26.0 Å². The summed E-state index contributed by atoms with van der Waals surface area (Å²) in [5.74, 6) is 1.79. The van der Waals surface area contributed by atoms with E-state index in [1.165, 1.54) is 0 Å². The van der Waals surface area contributed by atoms with Gasteiger partial charge in [0.25, 0.3) is 0 Å². The van der Waals surface area contributed by atoms with Crippen LogP contribution in [-0.4, -0.2) is 42.9 Å². The van der Waals surface area contributed by atoms with Crippen LogP contribution >= 0.6 is 0 Å². The van der Waals surface area contributed by atoms with Gasteiger partial charge in [-0.15, -0.1) is 0 Å². The summed E-state index contributed by atoms with van der Waals surface area (Å²) in [6.07, 6.45) is -0.784. The standard InChI is InChI=1S/C22H27NO7/c1-22(2,9-10-24)20(15-3-6-17(7-4-15)27-12-11-25)30-21(26)23-16-5-8-18-19(13-16)29-14-28-18/h3-8,13,20,24-25H,9-12,14H2,1-2H3,(H,23,26)/t20-/m1/s1. The van der Waals surface area contributed by atoms with Crippen molar-refractivity contribution in [2.45, 2.75) is 26.4 Å². The average Bonchev–Trinajstić information content (AvgIpc) is 3.19. The highest BCUT2D eigenvalue weighted by molar-refractivity contribution is 5.85. The quantitative estimate of drug-likeness (QED) is 0.573. The van der Waals surface area contributed by atoms with E-state index in [0.717, 1.165) is 5.56 Å². The number of carbonyl (C=O) groups excluding carboxylic acids is 1. The number of amides is 1. The third-order valence-electron chi connectivity index (χ3n) is 4.85. The number of carbonyl (C=O) groups is 1. The maximum atomic E-state index is 12.6. The van der Waals surface area contributed by atoms with Crippen LogP contribution in [0.4, 0.5) is 10.5 Å². The van der Waals surface area contributed by atoms with Crippen LogP contribution in [0.3, 0.4) is 0 Å². The molecule has 1 aliphatic heterocycles. The van der Waals surface area contributed by atoms with Gasteiger partial charge in [-0.1, -0.05) is 26.0 Å². The lowest BCUT2D eigenvalue weighted by Gasteiger charge is -2.33. The minimum absolute atomic E-state index is 0.0334. The van der Waals surface area contributed by atoms with Gasteiger partial charge in [-0.25, -0.2) is 4.79 Å². The highest BCUT2D eigenvalue weighted by Gasteiger charge is 2.34. The van der Waals surface area contributed by atoms with Crippen molar-refractivity contribution in [1.29, 1.82) is 0 Å². The Hall–Kier alpha value is -2.97. The molecule has 3 rings (SSSR count). The summed E-state index contributed by atoms with van der Waals surface area (Å²) < 4.78 is 21.8. The number of hydrogen-bond donors (Lipinski definition) is 3. The first kappa shape index (κ1) is 21.7. The summed E-state index contributed by atoms with van der Waals surface area (Å²) in [6, 6.07) is 12.2. The van der Waals surface area contributed by atoms with E-state index in [-0.39, 0.29) is 26.6 Å². The van der Waals surface area contributed by atoms with Crippen molar-refractivity contribution in [3.05, 3.63) is 48.0 Å². The second-order valence-electron chi connectivity index (χ2n) is 7.58. The van der Waals surface area contributed by atoms with E-state index >= 15 is 0 Å². The first-order chi connectivity index (χ1) is 14.4. The molecule has 30 heavy (non-hydrogen) atoms. The predicted molar refractivity (Wildman–Crippen MR) is 110 cm³/mol. The van der Waals surface area contributed by atoms with E-state index in [0.29, 0.717) is 29.4 Å². The summed E-state index contributed by atoms with van der Waals surface area (Å²) in [5.41, 5.74) is 0.774. The Morgan fingerprint density at radius 3 is 2.53 bits per heavy atom. The van der Waals surface area contributed by atoms with Crippen LogP contribution < -0.4 is 19.5 Å². The zero-order valence-corrected chi connectivity index (χ0v) is 17.1. The molecule has 0 fully saturated rings. The average molecular weight is 417 g/mol. The molecule has 0 saturated carbocycles. The summed E-state index contributed by atoms with van der Waals surface area (Å²) in [6.45, 7) is 4.10. The monoisotopic (exact) mass is 417 g/mol. The van der Waals surface area contributed by atoms with E-state index in [1.54, 1.807) is 30.3 Å². The number of fused-ring (bicyclic) bond motifs is 1. The predicted octanol–water partition coefficient (Wildman–Crippen LogP) is 3.48. The molecule has 1 heterocycles. The second kappa shape index (κ2) is 9.69. The van der Waals surface area contributed by atoms with Gasteiger partial charge in [-0.05, 0) is 36.2 Å². The fraction of sp³-hybridized carbons (Fsp3) is 0.409. The Bertz CT molecular complexity index is 851. The number of hydrogen-bond acceptors (Lipinski definition) is 7. The van der Waals surface area contributed by atoms with Gasteiger partial charge in [-0.2, -0.15) is 0 Å². The molecular weight excluding hydrogens is 390 g/mol. The normalized spacial score (nSPS) is 13.6. The van der Waals surface area contributed by atoms with Gasteiger partial charge >= 0.3 is 6.09 Å². The number of anilines is 1. The fourth-order valence-electron chi connectivity index (χ4n) is 3.23. The molecule has 3 N–H and O–H groups in total. The number of aliphatic hydroxyl groups is 2. The molecule has 0 aromatic heterocycles. The molecule has 0 unspecified atom stereocenters. The Balaban J connectivity index is 1.74. The molecule has 2 aromatic carbocycles. The molecule has 162 valence electrons. The van der Waals surface area contributed by atoms with E-state index in [4.69, 9.17) is 24.1 Å². The summed E-state index contributed by atoms with van der Waals surface area (Å²) in [5, 5.41) is 21.1. The van der Waals surface area contributed by atoms with Gasteiger partial charge in [0.2, 0.25) is 6.79 Å². The Morgan fingerprint density at radius 2 is 1.83 bits per heavy atom. The SMILES string of the molecule is CC(C)(CCO)[C@H](OC(=O)Nc1ccc2c(c1)OCO2)c1ccc(OCCO)cc1. The van der Waals surface area contributed by atoms with Gasteiger partial charge < -0.3 is 29.2 Å². The van der Waals surface area contributed by atoms with Gasteiger partial charge in [0, 0.05) is 23.8 Å². The largest absolute Gasteiger partial charge is 0.491 e. The molecule has 0 spiro atoms. The smallest absolute Gasteiger partial charge is 0.412 e. The van der Waals surface area contributed by atoms with E-state index in [9.17, 15) is 9.90 Å². The number of ether oxygens (including phenoxy) is 4. The first-order valence-electron chi connectivity index (χ1n) is 9.75. The molecule has 1 aliphatic rings. The highest BCUT2D eigenvalue weighted by Crippen LogP contribution is 2.40. The van der Waals surface area contributed by atoms with Gasteiger partial charge in [-0.3, -0.25) is 5.32 Å². The van der Waals surface area contributed by atoms with Crippen LogP contribution in [-0.2, 0) is 4.74 Å². The Kier molecular flexibility index (Phi) is 7.02. The van der Waals surface area contributed by atoms with Crippen molar-refractivity contribution in [3.8, 4) is 17.2 Å². The third-order valence-corrected chi connectivity index (χ3v) is 4.85. The van der Waals surface area contributed by atoms with Crippen molar-refractivity contribution >= 4 is 11.8 Å². The van der Waals surface area contributed by atoms with Crippen LogP contribution in [0.5, 0.6) is 17.2 Å². The molecule has 8 heteroatoms. The van der Waals surface area contributed by atoms with Crippen molar-refractivity contribution in [2.24, 2.45) is 5.41 Å². The van der Waals surface area contributed by atoms with Crippen LogP contribution in [0.15, 0.2) is 42.5 Å². The van der Waals surface area contributed by atoms with Crippen molar-refractivity contribution in [1.82, 2.24) is 0 Å². The fourth-order valence-corrected chi connectivity index (χ4v) is 3.23. The molecule has 8 nitrogen and oxygen atoms in total. The maximum absolute atomic E-state index is 12.6. The van der Waals surface area contributed by atoms with Crippen molar-refractivity contribution < 1.29 is 34.0 Å². The summed E-state index contributed by atoms with van der Waals surface area (Å²) in [4.78, 5) is 12.6. The summed E-state index contributed by atoms with van der Waals surface area (Å²) >= 11 is 0. The molecule has 0 radical (unpaired) electrons. The molecule has 1 amide bonds. The zero-order valence-electron chi connectivity index (χ0n) is 17.1. The van der Waals surface area contributed by atoms with Crippen molar-refractivity contribution in [2.75, 3.05) is 31.9 Å². The van der Waals surface area contributed by atoms with Crippen LogP contribution in [0.2, 0.25) is 0 Å². The van der Waals surface area contributed by atoms with Crippen LogP contribution in [0, 0.1) is 5.41 Å². The van der Waals surface area contributed by atoms with E-state index < -0.39 is 17.6 Å². The van der Waals surface area contributed by atoms with Gasteiger partial charge in [0.05, 0.1) is 6.61 Å². The van der Waals surface area contributed by atoms with Crippen LogP contribution in [0.1, 0.15) is 31.9 Å². The third kappa shape index (κ3) is 5.34. The Morgan fingerprint density at radius 1 is 1.10 bits per heavy atom. The minimum Gasteiger partial charge on any atom is -0.491 e. The molecular formula is C22H27NO7. The molecule has 0 aliphatic carbocycles. The molecule has 1 atom stereocenters. The van der Waals surface area contributed by atoms with Crippen molar-refractivity contribution in [3.63, 3.8) is 0 Å². The minimum atomic E-state index is -0.620. The van der Waals surface area contributed by atoms with Gasteiger partial charge in [0.15, 0.2) is 11.5 Å². The van der Waals surface area contributed by atoms with E-state index in [2.05, 4.69) is 5.32 Å². The maximum Gasteiger partial charge on any atom is 0.412 e. The molecule has 0 bridgehead atoms. The highest BCUT2D eigenvalue weighted by atomic mass is 16.7. The number of nitrogens with one attached hydrogen (secondary N) is 1. The lowest BCUT2D eigenvalue weighted by Crippen LogP contribution is -2.29. The topological polar surface area (TPSA) is 106 Å². The molecule has 0 saturated heterocycles. The second-order valence-corrected chi connectivity index (χ2v) is 7.58. The number of rotatable bonds is 9. The lowest BCUT2D eigenvalue weighted by molar-refractivity contribution is 0.0152. The van der Waals surface area contributed by atoms with Crippen LogP contribution in [0.25, 0.3) is 0 Å². The lowest BCUT2D eigenvalue weighted by atomic mass is 9.80. The Labute approximate surface area is 175 Å². The molecule has 2 aromatic rings. The number of benzene rings is 2. The number of aliphatic hydroxyl groups excluding tert-OH is 2.